The minimum Gasteiger partial charge on any atom is -0.307 e. The number of nitrogens with one attached hydrogen (secondary N) is 1. The summed E-state index contributed by atoms with van der Waals surface area (Å²) in [5.41, 5.74) is 2.43. The summed E-state index contributed by atoms with van der Waals surface area (Å²) < 4.78 is 0. The van der Waals surface area contributed by atoms with Crippen LogP contribution in [-0.4, -0.2) is 22.1 Å². The zero-order valence-electron chi connectivity index (χ0n) is 8.28. The number of rotatable bonds is 1. The zero-order chi connectivity index (χ0) is 10.3. The van der Waals surface area contributed by atoms with Gasteiger partial charge in [0.2, 0.25) is 5.28 Å². The van der Waals surface area contributed by atoms with E-state index in [1.54, 1.807) is 0 Å². The van der Waals surface area contributed by atoms with Gasteiger partial charge in [0.25, 0.3) is 0 Å². The lowest BCUT2D eigenvalue weighted by Gasteiger charge is -2.22. The van der Waals surface area contributed by atoms with E-state index in [0.29, 0.717) is 17.4 Å². The second-order valence-electron chi connectivity index (χ2n) is 4.13. The minimum atomic E-state index is 0.312. The van der Waals surface area contributed by atoms with Crippen molar-refractivity contribution >= 4 is 17.2 Å². The smallest absolute Gasteiger partial charge is 0.222 e. The van der Waals surface area contributed by atoms with Crippen LogP contribution in [0.4, 0.5) is 0 Å². The summed E-state index contributed by atoms with van der Waals surface area (Å²) in [5, 5.41) is 3.91. The molecule has 2 bridgehead atoms. The van der Waals surface area contributed by atoms with E-state index in [-0.39, 0.29) is 0 Å². The predicted molar refractivity (Wildman–Crippen MR) is 59.6 cm³/mol. The third-order valence-electron chi connectivity index (χ3n) is 3.19. The number of hydrogen-bond acceptors (Lipinski definition) is 3. The molecule has 1 fully saturated rings. The highest BCUT2D eigenvalue weighted by atomic mass is 35.5. The summed E-state index contributed by atoms with van der Waals surface area (Å²) >= 11 is 5.67. The van der Waals surface area contributed by atoms with Crippen LogP contribution in [0.25, 0.3) is 5.57 Å². The van der Waals surface area contributed by atoms with Gasteiger partial charge in [0, 0.05) is 30.0 Å². The molecule has 78 valence electrons. The molecule has 3 nitrogen and oxygen atoms in total. The average molecular weight is 222 g/mol. The molecule has 1 N–H and O–H groups in total. The molecule has 2 aliphatic heterocycles. The van der Waals surface area contributed by atoms with Gasteiger partial charge in [-0.3, -0.25) is 0 Å². The first-order chi connectivity index (χ1) is 7.33. The average Bonchev–Trinajstić information content (AvgIpc) is 2.63. The molecule has 2 unspecified atom stereocenters. The predicted octanol–water partition coefficient (Wildman–Crippen LogP) is 2.04. The van der Waals surface area contributed by atoms with E-state index in [2.05, 4.69) is 21.4 Å². The van der Waals surface area contributed by atoms with Crippen molar-refractivity contribution in [3.63, 3.8) is 0 Å². The van der Waals surface area contributed by atoms with Gasteiger partial charge in [-0.05, 0) is 36.4 Å². The highest BCUT2D eigenvalue weighted by molar-refractivity contribution is 6.28. The van der Waals surface area contributed by atoms with Crippen molar-refractivity contribution in [1.29, 1.82) is 0 Å². The van der Waals surface area contributed by atoms with E-state index >= 15 is 0 Å². The Balaban J connectivity index is 1.93. The largest absolute Gasteiger partial charge is 0.307 e. The Morgan fingerprint density at radius 1 is 1.27 bits per heavy atom. The number of hydrogen-bond donors (Lipinski definition) is 1. The molecule has 3 heterocycles. The van der Waals surface area contributed by atoms with E-state index in [1.807, 2.05) is 12.4 Å². The summed E-state index contributed by atoms with van der Waals surface area (Å²) in [5.74, 6) is 0. The quantitative estimate of drug-likeness (QED) is 0.738. The minimum absolute atomic E-state index is 0.312. The van der Waals surface area contributed by atoms with Gasteiger partial charge in [0.15, 0.2) is 0 Å². The maximum atomic E-state index is 5.67. The van der Waals surface area contributed by atoms with Crippen LogP contribution in [0.15, 0.2) is 18.5 Å². The second kappa shape index (κ2) is 3.58. The summed E-state index contributed by atoms with van der Waals surface area (Å²) in [6.45, 7) is 0. The summed E-state index contributed by atoms with van der Waals surface area (Å²) in [6.07, 6.45) is 9.54. The topological polar surface area (TPSA) is 37.8 Å². The van der Waals surface area contributed by atoms with Crippen molar-refractivity contribution in [3.05, 3.63) is 29.3 Å². The molecular formula is C11H12ClN3. The maximum absolute atomic E-state index is 5.67. The molecular weight excluding hydrogens is 210 g/mol. The van der Waals surface area contributed by atoms with Gasteiger partial charge in [0.1, 0.15) is 0 Å². The highest BCUT2D eigenvalue weighted by Gasteiger charge is 2.30. The van der Waals surface area contributed by atoms with Crippen molar-refractivity contribution in [2.75, 3.05) is 0 Å². The van der Waals surface area contributed by atoms with Gasteiger partial charge >= 0.3 is 0 Å². The molecule has 0 aliphatic carbocycles. The SMILES string of the molecule is Clc1ncc(C2=CCC3CCC2N3)cn1. The van der Waals surface area contributed by atoms with Crippen molar-refractivity contribution in [2.24, 2.45) is 0 Å². The Kier molecular flexibility index (Phi) is 2.22. The molecule has 1 aromatic heterocycles. The lowest BCUT2D eigenvalue weighted by atomic mass is 9.98. The van der Waals surface area contributed by atoms with Crippen molar-refractivity contribution in [3.8, 4) is 0 Å². The van der Waals surface area contributed by atoms with Crippen molar-refractivity contribution < 1.29 is 0 Å². The van der Waals surface area contributed by atoms with Crippen molar-refractivity contribution in [2.45, 2.75) is 31.3 Å². The first-order valence-electron chi connectivity index (χ1n) is 5.27. The molecule has 0 spiro atoms. The molecule has 15 heavy (non-hydrogen) atoms. The van der Waals surface area contributed by atoms with E-state index in [9.17, 15) is 0 Å². The molecule has 3 rings (SSSR count). The van der Waals surface area contributed by atoms with Crippen LogP contribution in [0.2, 0.25) is 5.28 Å². The summed E-state index contributed by atoms with van der Waals surface area (Å²) in [7, 11) is 0. The van der Waals surface area contributed by atoms with Gasteiger partial charge < -0.3 is 5.32 Å². The first kappa shape index (κ1) is 9.31. The van der Waals surface area contributed by atoms with Crippen LogP contribution in [0.1, 0.15) is 24.8 Å². The third-order valence-corrected chi connectivity index (χ3v) is 3.39. The zero-order valence-corrected chi connectivity index (χ0v) is 9.04. The molecule has 2 atom stereocenters. The molecule has 1 saturated heterocycles. The molecule has 2 aliphatic rings. The van der Waals surface area contributed by atoms with Gasteiger partial charge in [-0.15, -0.1) is 0 Å². The molecule has 0 amide bonds. The number of fused-ring (bicyclic) bond motifs is 2. The summed E-state index contributed by atoms with van der Waals surface area (Å²) in [4.78, 5) is 8.04. The normalized spacial score (nSPS) is 29.0. The second-order valence-corrected chi connectivity index (χ2v) is 4.47. The van der Waals surface area contributed by atoms with Crippen LogP contribution >= 0.6 is 11.6 Å². The van der Waals surface area contributed by atoms with Gasteiger partial charge in [-0.25, -0.2) is 9.97 Å². The highest BCUT2D eigenvalue weighted by Crippen LogP contribution is 2.32. The molecule has 4 heteroatoms. The fraction of sp³-hybridized carbons (Fsp3) is 0.455. The number of halogens is 1. The standard InChI is InChI=1S/C11H12ClN3/c12-11-13-5-7(6-14-11)9-3-1-8-2-4-10(9)15-8/h3,5-6,8,10,15H,1-2,4H2. The summed E-state index contributed by atoms with van der Waals surface area (Å²) in [6, 6.07) is 1.18. The fourth-order valence-electron chi connectivity index (χ4n) is 2.44. The number of aromatic nitrogens is 2. The lowest BCUT2D eigenvalue weighted by Crippen LogP contribution is -2.33. The van der Waals surface area contributed by atoms with Gasteiger partial charge in [-0.1, -0.05) is 6.08 Å². The molecule has 0 radical (unpaired) electrons. The van der Waals surface area contributed by atoms with Gasteiger partial charge in [-0.2, -0.15) is 0 Å². The van der Waals surface area contributed by atoms with Crippen LogP contribution in [0.3, 0.4) is 0 Å². The van der Waals surface area contributed by atoms with Crippen LogP contribution in [-0.2, 0) is 0 Å². The molecule has 1 aromatic rings. The van der Waals surface area contributed by atoms with E-state index in [0.717, 1.165) is 12.0 Å². The van der Waals surface area contributed by atoms with Crippen LogP contribution in [0, 0.1) is 0 Å². The van der Waals surface area contributed by atoms with Crippen LogP contribution in [0.5, 0.6) is 0 Å². The van der Waals surface area contributed by atoms with Crippen LogP contribution < -0.4 is 5.32 Å². The van der Waals surface area contributed by atoms with Gasteiger partial charge in [0.05, 0.1) is 0 Å². The lowest BCUT2D eigenvalue weighted by molar-refractivity contribution is 0.574. The Morgan fingerprint density at radius 2 is 2.07 bits per heavy atom. The Morgan fingerprint density at radius 3 is 2.87 bits per heavy atom. The first-order valence-corrected chi connectivity index (χ1v) is 5.65. The Labute approximate surface area is 93.6 Å². The Hall–Kier alpha value is -0.930. The van der Waals surface area contributed by atoms with E-state index in [1.165, 1.54) is 18.4 Å². The molecule has 0 aromatic carbocycles. The third kappa shape index (κ3) is 1.66. The van der Waals surface area contributed by atoms with Crippen molar-refractivity contribution in [1.82, 2.24) is 15.3 Å². The van der Waals surface area contributed by atoms with E-state index in [4.69, 9.17) is 11.6 Å². The monoisotopic (exact) mass is 221 g/mol. The molecule has 0 saturated carbocycles. The fourth-order valence-corrected chi connectivity index (χ4v) is 2.54. The number of nitrogens with zero attached hydrogens (tertiary/aromatic N) is 2. The Bertz CT molecular complexity index is 399. The van der Waals surface area contributed by atoms with E-state index < -0.39 is 0 Å². The maximum Gasteiger partial charge on any atom is 0.222 e.